The minimum atomic E-state index is 0.572. The third-order valence-electron chi connectivity index (χ3n) is 2.89. The number of hydrogen-bond donors (Lipinski definition) is 1. The smallest absolute Gasteiger partial charge is 0.222 e. The van der Waals surface area contributed by atoms with Gasteiger partial charge in [-0.1, -0.05) is 11.6 Å². The fourth-order valence-electron chi connectivity index (χ4n) is 2.08. The van der Waals surface area contributed by atoms with Gasteiger partial charge in [0, 0.05) is 13.1 Å². The van der Waals surface area contributed by atoms with E-state index < -0.39 is 0 Å². The number of nitrogens with zero attached hydrogens (tertiary/aromatic N) is 3. The molecule has 0 aromatic carbocycles. The molecule has 1 aliphatic rings. The van der Waals surface area contributed by atoms with E-state index in [9.17, 15) is 0 Å². The second-order valence-electron chi connectivity index (χ2n) is 4.38. The number of nitrogens with one attached hydrogen (secondary N) is 1. The van der Waals surface area contributed by atoms with Gasteiger partial charge in [0.2, 0.25) is 5.95 Å². The summed E-state index contributed by atoms with van der Waals surface area (Å²) in [4.78, 5) is 10.6. The predicted octanol–water partition coefficient (Wildman–Crippen LogP) is 1.88. The van der Waals surface area contributed by atoms with E-state index >= 15 is 0 Å². The van der Waals surface area contributed by atoms with Crippen molar-refractivity contribution in [2.24, 2.45) is 5.92 Å². The molecule has 0 radical (unpaired) electrons. The van der Waals surface area contributed by atoms with E-state index in [2.05, 4.69) is 27.2 Å². The SMILES string of the molecule is CN1CCCC(CNc2ncc(Cl)cn2)C1. The number of likely N-dealkylation sites (tertiary alicyclic amines) is 1. The quantitative estimate of drug-likeness (QED) is 0.876. The highest BCUT2D eigenvalue weighted by Gasteiger charge is 2.16. The summed E-state index contributed by atoms with van der Waals surface area (Å²) in [5.41, 5.74) is 0. The van der Waals surface area contributed by atoms with Gasteiger partial charge in [-0.3, -0.25) is 0 Å². The van der Waals surface area contributed by atoms with Gasteiger partial charge < -0.3 is 10.2 Å². The van der Waals surface area contributed by atoms with Crippen LogP contribution in [0.4, 0.5) is 5.95 Å². The Morgan fingerprint density at radius 3 is 2.94 bits per heavy atom. The third-order valence-corrected chi connectivity index (χ3v) is 3.09. The summed E-state index contributed by atoms with van der Waals surface area (Å²) >= 11 is 5.72. The molecule has 0 spiro atoms. The zero-order valence-electron chi connectivity index (χ0n) is 9.49. The van der Waals surface area contributed by atoms with Crippen molar-refractivity contribution in [3.8, 4) is 0 Å². The highest BCUT2D eigenvalue weighted by Crippen LogP contribution is 2.15. The fourth-order valence-corrected chi connectivity index (χ4v) is 2.18. The van der Waals surface area contributed by atoms with Crippen molar-refractivity contribution in [1.29, 1.82) is 0 Å². The molecule has 88 valence electrons. The number of rotatable bonds is 3. The Morgan fingerprint density at radius 2 is 2.25 bits per heavy atom. The normalized spacial score (nSPS) is 22.0. The first-order valence-corrected chi connectivity index (χ1v) is 6.02. The molecule has 16 heavy (non-hydrogen) atoms. The standard InChI is InChI=1S/C11H17ClN4/c1-16-4-2-3-9(8-16)5-13-11-14-6-10(12)7-15-11/h6-7,9H,2-5,8H2,1H3,(H,13,14,15). The first-order valence-electron chi connectivity index (χ1n) is 5.64. The first kappa shape index (κ1) is 11.6. The van der Waals surface area contributed by atoms with E-state index in [0.29, 0.717) is 16.9 Å². The van der Waals surface area contributed by atoms with Crippen LogP contribution in [-0.4, -0.2) is 41.5 Å². The molecule has 1 N–H and O–H groups in total. The lowest BCUT2D eigenvalue weighted by atomic mass is 9.99. The maximum Gasteiger partial charge on any atom is 0.222 e. The van der Waals surface area contributed by atoms with E-state index in [1.807, 2.05) is 0 Å². The molecule has 5 heteroatoms. The summed E-state index contributed by atoms with van der Waals surface area (Å²) in [7, 11) is 2.17. The summed E-state index contributed by atoms with van der Waals surface area (Å²) in [5, 5.41) is 3.83. The molecule has 0 amide bonds. The molecule has 1 aromatic rings. The van der Waals surface area contributed by atoms with Crippen LogP contribution in [0.2, 0.25) is 5.02 Å². The molecule has 0 bridgehead atoms. The van der Waals surface area contributed by atoms with Crippen LogP contribution in [0.25, 0.3) is 0 Å². The van der Waals surface area contributed by atoms with Crippen molar-refractivity contribution < 1.29 is 0 Å². The molecule has 1 aromatic heterocycles. The van der Waals surface area contributed by atoms with E-state index in [4.69, 9.17) is 11.6 Å². The Bertz CT molecular complexity index is 327. The maximum absolute atomic E-state index is 5.72. The summed E-state index contributed by atoms with van der Waals surface area (Å²) in [6, 6.07) is 0. The molecule has 0 aliphatic carbocycles. The lowest BCUT2D eigenvalue weighted by molar-refractivity contribution is 0.217. The molecule has 2 heterocycles. The Hall–Kier alpha value is -0.870. The molecular weight excluding hydrogens is 224 g/mol. The zero-order chi connectivity index (χ0) is 11.4. The van der Waals surface area contributed by atoms with Gasteiger partial charge in [0.15, 0.2) is 0 Å². The average Bonchev–Trinajstić information content (AvgIpc) is 2.28. The zero-order valence-corrected chi connectivity index (χ0v) is 10.2. The van der Waals surface area contributed by atoms with Gasteiger partial charge in [0.25, 0.3) is 0 Å². The summed E-state index contributed by atoms with van der Waals surface area (Å²) < 4.78 is 0. The summed E-state index contributed by atoms with van der Waals surface area (Å²) in [6.07, 6.45) is 5.79. The van der Waals surface area contributed by atoms with Crippen LogP contribution in [-0.2, 0) is 0 Å². The van der Waals surface area contributed by atoms with Gasteiger partial charge in [-0.25, -0.2) is 9.97 Å². The van der Waals surface area contributed by atoms with Crippen molar-refractivity contribution in [3.05, 3.63) is 17.4 Å². The Labute approximate surface area is 101 Å². The van der Waals surface area contributed by atoms with Crippen molar-refractivity contribution in [3.63, 3.8) is 0 Å². The molecule has 2 rings (SSSR count). The van der Waals surface area contributed by atoms with Crippen LogP contribution in [0.3, 0.4) is 0 Å². The van der Waals surface area contributed by atoms with Crippen LogP contribution in [0.5, 0.6) is 0 Å². The van der Waals surface area contributed by atoms with Crippen LogP contribution in [0.1, 0.15) is 12.8 Å². The molecular formula is C11H17ClN4. The molecule has 0 saturated carbocycles. The summed E-state index contributed by atoms with van der Waals surface area (Å²) in [6.45, 7) is 3.31. The lowest BCUT2D eigenvalue weighted by Crippen LogP contribution is -2.35. The molecule has 1 atom stereocenters. The van der Waals surface area contributed by atoms with Crippen LogP contribution >= 0.6 is 11.6 Å². The number of anilines is 1. The van der Waals surface area contributed by atoms with Crippen molar-refractivity contribution in [1.82, 2.24) is 14.9 Å². The number of piperidine rings is 1. The third kappa shape index (κ3) is 3.32. The summed E-state index contributed by atoms with van der Waals surface area (Å²) in [5.74, 6) is 1.36. The number of halogens is 1. The first-order chi connectivity index (χ1) is 7.74. The van der Waals surface area contributed by atoms with Crippen molar-refractivity contribution in [2.45, 2.75) is 12.8 Å². The average molecular weight is 241 g/mol. The minimum Gasteiger partial charge on any atom is -0.354 e. The van der Waals surface area contributed by atoms with E-state index in [1.54, 1.807) is 12.4 Å². The monoisotopic (exact) mass is 240 g/mol. The minimum absolute atomic E-state index is 0.572. The Morgan fingerprint density at radius 1 is 1.50 bits per heavy atom. The second kappa shape index (κ2) is 5.46. The molecule has 1 aliphatic heterocycles. The highest BCUT2D eigenvalue weighted by atomic mass is 35.5. The highest BCUT2D eigenvalue weighted by molar-refractivity contribution is 6.30. The van der Waals surface area contributed by atoms with Gasteiger partial charge >= 0.3 is 0 Å². The van der Waals surface area contributed by atoms with Gasteiger partial charge in [-0.05, 0) is 32.4 Å². The number of hydrogen-bond acceptors (Lipinski definition) is 4. The van der Waals surface area contributed by atoms with Gasteiger partial charge in [0.1, 0.15) is 0 Å². The van der Waals surface area contributed by atoms with Gasteiger partial charge in [-0.2, -0.15) is 0 Å². The Balaban J connectivity index is 1.80. The van der Waals surface area contributed by atoms with E-state index in [-0.39, 0.29) is 0 Å². The van der Waals surface area contributed by atoms with Crippen LogP contribution in [0, 0.1) is 5.92 Å². The largest absolute Gasteiger partial charge is 0.354 e. The topological polar surface area (TPSA) is 41.0 Å². The molecule has 4 nitrogen and oxygen atoms in total. The molecule has 1 unspecified atom stereocenters. The van der Waals surface area contributed by atoms with Crippen LogP contribution in [0.15, 0.2) is 12.4 Å². The molecule has 1 fully saturated rings. The Kier molecular flexibility index (Phi) is 3.96. The van der Waals surface area contributed by atoms with E-state index in [1.165, 1.54) is 19.4 Å². The van der Waals surface area contributed by atoms with Gasteiger partial charge in [-0.15, -0.1) is 0 Å². The number of aromatic nitrogens is 2. The van der Waals surface area contributed by atoms with Crippen LogP contribution < -0.4 is 5.32 Å². The second-order valence-corrected chi connectivity index (χ2v) is 4.81. The molecule has 1 saturated heterocycles. The van der Waals surface area contributed by atoms with Crippen molar-refractivity contribution >= 4 is 17.5 Å². The fraction of sp³-hybridized carbons (Fsp3) is 0.636. The van der Waals surface area contributed by atoms with E-state index in [0.717, 1.165) is 13.1 Å². The van der Waals surface area contributed by atoms with Crippen molar-refractivity contribution in [2.75, 3.05) is 32.0 Å². The predicted molar refractivity (Wildman–Crippen MR) is 65.8 cm³/mol. The lowest BCUT2D eigenvalue weighted by Gasteiger charge is -2.29. The van der Waals surface area contributed by atoms with Gasteiger partial charge in [0.05, 0.1) is 17.4 Å². The maximum atomic E-state index is 5.72.